The number of nitrogens with one attached hydrogen (secondary N) is 2. The number of carbonyl (C=O) groups excluding carboxylic acids is 1. The van der Waals surface area contributed by atoms with Crippen LogP contribution in [0.3, 0.4) is 0 Å². The molecule has 22 heavy (non-hydrogen) atoms. The molecule has 0 aliphatic rings. The highest BCUT2D eigenvalue weighted by Gasteiger charge is 2.16. The van der Waals surface area contributed by atoms with E-state index in [9.17, 15) is 17.6 Å². The van der Waals surface area contributed by atoms with Crippen molar-refractivity contribution in [3.8, 4) is 0 Å². The SMILES string of the molecule is C[C@H](c1ccc(F)cc1)N(C)C(=O)NCCCNS(C)(=O)=O. The Bertz CT molecular complexity index is 590. The van der Waals surface area contributed by atoms with Crippen LogP contribution in [0.4, 0.5) is 9.18 Å². The first-order chi connectivity index (χ1) is 10.2. The zero-order valence-corrected chi connectivity index (χ0v) is 13.8. The highest BCUT2D eigenvalue weighted by molar-refractivity contribution is 7.88. The fourth-order valence-electron chi connectivity index (χ4n) is 1.81. The van der Waals surface area contributed by atoms with Gasteiger partial charge in [-0.25, -0.2) is 22.3 Å². The Labute approximate surface area is 130 Å². The monoisotopic (exact) mass is 331 g/mol. The van der Waals surface area contributed by atoms with Crippen molar-refractivity contribution >= 4 is 16.1 Å². The number of rotatable bonds is 7. The van der Waals surface area contributed by atoms with Gasteiger partial charge in [0.2, 0.25) is 10.0 Å². The Kier molecular flexibility index (Phi) is 6.76. The van der Waals surface area contributed by atoms with E-state index < -0.39 is 10.0 Å². The fraction of sp³-hybridized carbons (Fsp3) is 0.500. The maximum absolute atomic E-state index is 12.9. The van der Waals surface area contributed by atoms with Gasteiger partial charge < -0.3 is 10.2 Å². The van der Waals surface area contributed by atoms with E-state index in [0.717, 1.165) is 11.8 Å². The molecular formula is C14H22FN3O3S. The lowest BCUT2D eigenvalue weighted by molar-refractivity contribution is 0.194. The Hall–Kier alpha value is -1.67. The molecule has 0 spiro atoms. The van der Waals surface area contributed by atoms with Crippen LogP contribution in [0.25, 0.3) is 0 Å². The number of amides is 2. The summed E-state index contributed by atoms with van der Waals surface area (Å²) in [5.74, 6) is -0.318. The van der Waals surface area contributed by atoms with Crippen LogP contribution < -0.4 is 10.0 Å². The molecule has 6 nitrogen and oxygen atoms in total. The van der Waals surface area contributed by atoms with Crippen molar-refractivity contribution in [1.82, 2.24) is 14.9 Å². The van der Waals surface area contributed by atoms with Gasteiger partial charge in [0, 0.05) is 20.1 Å². The van der Waals surface area contributed by atoms with Crippen molar-refractivity contribution < 1.29 is 17.6 Å². The maximum atomic E-state index is 12.9. The fourth-order valence-corrected chi connectivity index (χ4v) is 2.32. The van der Waals surface area contributed by atoms with Crippen LogP contribution in [0.5, 0.6) is 0 Å². The first-order valence-electron chi connectivity index (χ1n) is 6.91. The third-order valence-electron chi connectivity index (χ3n) is 3.25. The quantitative estimate of drug-likeness (QED) is 0.743. The first-order valence-corrected chi connectivity index (χ1v) is 8.80. The van der Waals surface area contributed by atoms with Gasteiger partial charge in [-0.1, -0.05) is 12.1 Å². The van der Waals surface area contributed by atoms with E-state index in [4.69, 9.17) is 0 Å². The van der Waals surface area contributed by atoms with Crippen molar-refractivity contribution in [3.63, 3.8) is 0 Å². The van der Waals surface area contributed by atoms with Crippen LogP contribution in [0, 0.1) is 5.82 Å². The van der Waals surface area contributed by atoms with E-state index in [1.807, 2.05) is 6.92 Å². The molecule has 0 heterocycles. The summed E-state index contributed by atoms with van der Waals surface area (Å²) in [5.41, 5.74) is 0.831. The van der Waals surface area contributed by atoms with Gasteiger partial charge in [-0.2, -0.15) is 0 Å². The van der Waals surface area contributed by atoms with Crippen molar-refractivity contribution in [2.75, 3.05) is 26.4 Å². The highest BCUT2D eigenvalue weighted by Crippen LogP contribution is 2.18. The molecular weight excluding hydrogens is 309 g/mol. The van der Waals surface area contributed by atoms with E-state index in [1.165, 1.54) is 17.0 Å². The summed E-state index contributed by atoms with van der Waals surface area (Å²) >= 11 is 0. The molecule has 0 aliphatic heterocycles. The number of urea groups is 1. The van der Waals surface area contributed by atoms with Gasteiger partial charge in [-0.05, 0) is 31.0 Å². The van der Waals surface area contributed by atoms with Gasteiger partial charge in [-0.3, -0.25) is 0 Å². The molecule has 2 amide bonds. The van der Waals surface area contributed by atoms with Gasteiger partial charge >= 0.3 is 6.03 Å². The first kappa shape index (κ1) is 18.4. The summed E-state index contributed by atoms with van der Waals surface area (Å²) in [6, 6.07) is 5.52. The normalized spacial score (nSPS) is 12.7. The number of carbonyl (C=O) groups is 1. The summed E-state index contributed by atoms with van der Waals surface area (Å²) in [4.78, 5) is 13.5. The van der Waals surface area contributed by atoms with Crippen LogP contribution >= 0.6 is 0 Å². The lowest BCUT2D eigenvalue weighted by Gasteiger charge is -2.25. The molecule has 0 saturated carbocycles. The molecule has 0 unspecified atom stereocenters. The Morgan fingerprint density at radius 1 is 1.27 bits per heavy atom. The van der Waals surface area contributed by atoms with Crippen molar-refractivity contribution in [3.05, 3.63) is 35.6 Å². The van der Waals surface area contributed by atoms with Gasteiger partial charge in [0.1, 0.15) is 5.82 Å². The second-order valence-electron chi connectivity index (χ2n) is 5.09. The van der Waals surface area contributed by atoms with Crippen LogP contribution in [0.15, 0.2) is 24.3 Å². The number of hydrogen-bond donors (Lipinski definition) is 2. The van der Waals surface area contributed by atoms with Crippen LogP contribution in [-0.2, 0) is 10.0 Å². The van der Waals surface area contributed by atoms with Gasteiger partial charge in [0.15, 0.2) is 0 Å². The topological polar surface area (TPSA) is 78.5 Å². The van der Waals surface area contributed by atoms with Crippen molar-refractivity contribution in [2.24, 2.45) is 0 Å². The standard InChI is InChI=1S/C14H22FN3O3S/c1-11(12-5-7-13(15)8-6-12)18(2)14(19)16-9-4-10-17-22(3,20)21/h5-8,11,17H,4,9-10H2,1-3H3,(H,16,19)/t11-/m1/s1. The third-order valence-corrected chi connectivity index (χ3v) is 3.98. The van der Waals surface area contributed by atoms with Crippen LogP contribution in [0.1, 0.15) is 24.9 Å². The van der Waals surface area contributed by atoms with E-state index in [0.29, 0.717) is 13.0 Å². The zero-order valence-electron chi connectivity index (χ0n) is 13.0. The van der Waals surface area contributed by atoms with Crippen LogP contribution in [0.2, 0.25) is 0 Å². The second kappa shape index (κ2) is 8.09. The maximum Gasteiger partial charge on any atom is 0.317 e. The molecule has 1 rings (SSSR count). The summed E-state index contributed by atoms with van der Waals surface area (Å²) in [6.07, 6.45) is 1.58. The van der Waals surface area contributed by atoms with E-state index in [1.54, 1.807) is 19.2 Å². The van der Waals surface area contributed by atoms with Crippen LogP contribution in [-0.4, -0.2) is 45.7 Å². The lowest BCUT2D eigenvalue weighted by Crippen LogP contribution is -2.39. The van der Waals surface area contributed by atoms with E-state index in [2.05, 4.69) is 10.0 Å². The summed E-state index contributed by atoms with van der Waals surface area (Å²) in [6.45, 7) is 2.48. The molecule has 0 bridgehead atoms. The smallest absolute Gasteiger partial charge is 0.317 e. The summed E-state index contributed by atoms with van der Waals surface area (Å²) < 4.78 is 37.0. The number of halogens is 1. The molecule has 1 aromatic carbocycles. The predicted octanol–water partition coefficient (Wildman–Crippen LogP) is 1.47. The Morgan fingerprint density at radius 3 is 2.41 bits per heavy atom. The largest absolute Gasteiger partial charge is 0.338 e. The van der Waals surface area contributed by atoms with E-state index >= 15 is 0 Å². The molecule has 124 valence electrons. The Morgan fingerprint density at radius 2 is 1.86 bits per heavy atom. The predicted molar refractivity (Wildman–Crippen MR) is 83.4 cm³/mol. The number of sulfonamides is 1. The average Bonchev–Trinajstić information content (AvgIpc) is 2.44. The second-order valence-corrected chi connectivity index (χ2v) is 6.92. The number of nitrogens with zero attached hydrogens (tertiary/aromatic N) is 1. The molecule has 1 aromatic rings. The minimum absolute atomic E-state index is 0.199. The molecule has 0 fully saturated rings. The Balaban J connectivity index is 2.39. The average molecular weight is 331 g/mol. The minimum Gasteiger partial charge on any atom is -0.338 e. The molecule has 0 aromatic heterocycles. The number of hydrogen-bond acceptors (Lipinski definition) is 3. The van der Waals surface area contributed by atoms with Crippen molar-refractivity contribution in [1.29, 1.82) is 0 Å². The van der Waals surface area contributed by atoms with E-state index in [-0.39, 0.29) is 24.4 Å². The summed E-state index contributed by atoms with van der Waals surface area (Å²) in [5, 5.41) is 2.71. The van der Waals surface area contributed by atoms with Gasteiger partial charge in [0.05, 0.1) is 12.3 Å². The summed E-state index contributed by atoms with van der Waals surface area (Å²) in [7, 11) is -1.55. The zero-order chi connectivity index (χ0) is 16.8. The van der Waals surface area contributed by atoms with Crippen molar-refractivity contribution in [2.45, 2.75) is 19.4 Å². The number of benzene rings is 1. The molecule has 2 N–H and O–H groups in total. The molecule has 8 heteroatoms. The molecule has 0 radical (unpaired) electrons. The molecule has 0 saturated heterocycles. The lowest BCUT2D eigenvalue weighted by atomic mass is 10.1. The highest BCUT2D eigenvalue weighted by atomic mass is 32.2. The van der Waals surface area contributed by atoms with Gasteiger partial charge in [0.25, 0.3) is 0 Å². The van der Waals surface area contributed by atoms with Gasteiger partial charge in [-0.15, -0.1) is 0 Å². The molecule has 0 aliphatic carbocycles. The third kappa shape index (κ3) is 6.40. The minimum atomic E-state index is -3.20. The molecule has 1 atom stereocenters.